The van der Waals surface area contributed by atoms with Crippen molar-refractivity contribution in [2.24, 2.45) is 5.92 Å². The van der Waals surface area contributed by atoms with Crippen LogP contribution in [0.15, 0.2) is 48.5 Å². The van der Waals surface area contributed by atoms with Gasteiger partial charge in [0.2, 0.25) is 11.8 Å². The summed E-state index contributed by atoms with van der Waals surface area (Å²) in [6, 6.07) is 16.0. The van der Waals surface area contributed by atoms with Crippen molar-refractivity contribution in [2.75, 3.05) is 51.4 Å². The Morgan fingerprint density at radius 2 is 1.82 bits per heavy atom. The number of aryl methyl sites for hydroxylation is 1. The number of morpholine rings is 1. The number of carbonyl (C=O) groups excluding carboxylic acids is 2. The van der Waals surface area contributed by atoms with Crippen molar-refractivity contribution < 1.29 is 19.1 Å². The van der Waals surface area contributed by atoms with Crippen LogP contribution in [0, 0.1) is 5.92 Å². The van der Waals surface area contributed by atoms with E-state index in [1.165, 1.54) is 5.56 Å². The molecule has 2 fully saturated rings. The summed E-state index contributed by atoms with van der Waals surface area (Å²) in [5, 5.41) is 3.13. The van der Waals surface area contributed by atoms with Crippen molar-refractivity contribution in [1.29, 1.82) is 0 Å². The lowest BCUT2D eigenvalue weighted by molar-refractivity contribution is -0.126. The van der Waals surface area contributed by atoms with E-state index in [1.807, 2.05) is 48.5 Å². The minimum absolute atomic E-state index is 0.000665. The van der Waals surface area contributed by atoms with Gasteiger partial charge in [0, 0.05) is 38.3 Å². The molecule has 2 amide bonds. The zero-order valence-corrected chi connectivity index (χ0v) is 19.5. The monoisotopic (exact) mass is 451 g/mol. The molecule has 4 rings (SSSR count). The molecule has 2 aliphatic rings. The van der Waals surface area contributed by atoms with Crippen molar-refractivity contribution in [3.05, 3.63) is 59.7 Å². The van der Waals surface area contributed by atoms with Crippen LogP contribution in [0.25, 0.3) is 0 Å². The molecule has 0 aliphatic carbocycles. The van der Waals surface area contributed by atoms with E-state index in [1.54, 1.807) is 12.0 Å². The summed E-state index contributed by atoms with van der Waals surface area (Å²) in [5.74, 6) is 0.395. The van der Waals surface area contributed by atoms with Crippen LogP contribution >= 0.6 is 0 Å². The number of ether oxygens (including phenoxy) is 2. The first kappa shape index (κ1) is 23.3. The molecule has 1 N–H and O–H groups in total. The van der Waals surface area contributed by atoms with Crippen LogP contribution in [-0.4, -0.2) is 63.2 Å². The van der Waals surface area contributed by atoms with Crippen molar-refractivity contribution >= 4 is 17.5 Å². The molecule has 2 aliphatic heterocycles. The molecule has 0 saturated carbocycles. The molecule has 2 saturated heterocycles. The van der Waals surface area contributed by atoms with Crippen LogP contribution in [0.2, 0.25) is 0 Å². The highest BCUT2D eigenvalue weighted by Gasteiger charge is 2.35. The molecule has 2 atom stereocenters. The van der Waals surface area contributed by atoms with E-state index < -0.39 is 0 Å². The lowest BCUT2D eigenvalue weighted by Gasteiger charge is -2.35. The van der Waals surface area contributed by atoms with Gasteiger partial charge in [-0.05, 0) is 41.8 Å². The third-order valence-electron chi connectivity index (χ3n) is 6.61. The summed E-state index contributed by atoms with van der Waals surface area (Å²) in [6.07, 6.45) is 1.20. The number of hydrogen-bond donors (Lipinski definition) is 1. The van der Waals surface area contributed by atoms with Crippen LogP contribution in [0.4, 0.5) is 5.69 Å². The molecule has 7 heteroatoms. The average molecular weight is 452 g/mol. The molecular weight excluding hydrogens is 418 g/mol. The summed E-state index contributed by atoms with van der Waals surface area (Å²) in [5.41, 5.74) is 3.21. The summed E-state index contributed by atoms with van der Waals surface area (Å²) in [7, 11) is 1.65. The average Bonchev–Trinajstić information content (AvgIpc) is 3.26. The molecule has 176 valence electrons. The zero-order chi connectivity index (χ0) is 23.2. The minimum Gasteiger partial charge on any atom is -0.497 e. The number of benzene rings is 2. The largest absolute Gasteiger partial charge is 0.497 e. The third kappa shape index (κ3) is 5.54. The predicted molar refractivity (Wildman–Crippen MR) is 127 cm³/mol. The number of methoxy groups -OCH3 is 1. The van der Waals surface area contributed by atoms with Crippen molar-refractivity contribution in [2.45, 2.75) is 25.8 Å². The van der Waals surface area contributed by atoms with E-state index in [-0.39, 0.29) is 30.2 Å². The summed E-state index contributed by atoms with van der Waals surface area (Å²) in [4.78, 5) is 29.7. The normalized spacial score (nSPS) is 20.0. The number of hydrogen-bond acceptors (Lipinski definition) is 5. The van der Waals surface area contributed by atoms with Gasteiger partial charge in [0.1, 0.15) is 5.75 Å². The molecule has 0 radical (unpaired) electrons. The van der Waals surface area contributed by atoms with Crippen molar-refractivity contribution in [3.63, 3.8) is 0 Å². The molecule has 0 bridgehead atoms. The van der Waals surface area contributed by atoms with E-state index in [4.69, 9.17) is 9.47 Å². The van der Waals surface area contributed by atoms with E-state index in [0.29, 0.717) is 26.3 Å². The third-order valence-corrected chi connectivity index (χ3v) is 6.61. The Morgan fingerprint density at radius 1 is 1.12 bits per heavy atom. The van der Waals surface area contributed by atoms with Gasteiger partial charge in [-0.25, -0.2) is 0 Å². The van der Waals surface area contributed by atoms with Gasteiger partial charge in [0.15, 0.2) is 0 Å². The standard InChI is InChI=1S/C26H33N3O4/c1-3-19-4-8-22(9-5-19)29-18-21(16-25(29)30)26(31)27-17-24(28-12-14-33-15-13-28)20-6-10-23(32-2)11-7-20/h4-11,21,24H,3,12-18H2,1-2H3,(H,27,31)/t21-,24-/m1/s1. The number of nitrogens with one attached hydrogen (secondary N) is 1. The smallest absolute Gasteiger partial charge is 0.227 e. The SMILES string of the molecule is CCc1ccc(N2C[C@H](C(=O)NC[C@H](c3ccc(OC)cc3)N3CCOCC3)CC2=O)cc1. The van der Waals surface area contributed by atoms with E-state index in [9.17, 15) is 9.59 Å². The van der Waals surface area contributed by atoms with Crippen molar-refractivity contribution in [1.82, 2.24) is 10.2 Å². The molecule has 0 aromatic heterocycles. The summed E-state index contributed by atoms with van der Waals surface area (Å²) in [6.45, 7) is 6.01. The first-order valence-corrected chi connectivity index (χ1v) is 11.7. The highest BCUT2D eigenvalue weighted by Crippen LogP contribution is 2.27. The van der Waals surface area contributed by atoms with Gasteiger partial charge in [-0.3, -0.25) is 14.5 Å². The molecule has 33 heavy (non-hydrogen) atoms. The Morgan fingerprint density at radius 3 is 2.45 bits per heavy atom. The molecule has 2 aromatic rings. The fraction of sp³-hybridized carbons (Fsp3) is 0.462. The Bertz CT molecular complexity index is 939. The lowest BCUT2D eigenvalue weighted by Crippen LogP contribution is -2.45. The van der Waals surface area contributed by atoms with Crippen molar-refractivity contribution in [3.8, 4) is 5.75 Å². The van der Waals surface area contributed by atoms with E-state index in [0.717, 1.165) is 36.5 Å². The topological polar surface area (TPSA) is 71.1 Å². The predicted octanol–water partition coefficient (Wildman–Crippen LogP) is 2.80. The minimum atomic E-state index is -0.343. The Balaban J connectivity index is 1.40. The molecule has 0 spiro atoms. The molecule has 7 nitrogen and oxygen atoms in total. The maximum atomic E-state index is 13.0. The maximum absolute atomic E-state index is 13.0. The molecule has 2 heterocycles. The Kier molecular flexibility index (Phi) is 7.62. The second-order valence-electron chi connectivity index (χ2n) is 8.61. The molecule has 0 unspecified atom stereocenters. The summed E-state index contributed by atoms with van der Waals surface area (Å²) < 4.78 is 10.8. The van der Waals surface area contributed by atoms with E-state index in [2.05, 4.69) is 17.1 Å². The first-order valence-electron chi connectivity index (χ1n) is 11.7. The van der Waals surface area contributed by atoms with Crippen LogP contribution in [-0.2, 0) is 20.7 Å². The summed E-state index contributed by atoms with van der Waals surface area (Å²) >= 11 is 0. The highest BCUT2D eigenvalue weighted by molar-refractivity contribution is 6.00. The first-order chi connectivity index (χ1) is 16.1. The van der Waals surface area contributed by atoms with Gasteiger partial charge in [-0.2, -0.15) is 0 Å². The number of anilines is 1. The van der Waals surface area contributed by atoms with Gasteiger partial charge >= 0.3 is 0 Å². The zero-order valence-electron chi connectivity index (χ0n) is 19.5. The second-order valence-corrected chi connectivity index (χ2v) is 8.61. The van der Waals surface area contributed by atoms with Gasteiger partial charge in [-0.15, -0.1) is 0 Å². The van der Waals surface area contributed by atoms with Gasteiger partial charge in [0.25, 0.3) is 0 Å². The van der Waals surface area contributed by atoms with Gasteiger partial charge in [0.05, 0.1) is 32.3 Å². The van der Waals surface area contributed by atoms with Crippen LogP contribution in [0.1, 0.15) is 30.5 Å². The molecular formula is C26H33N3O4. The lowest BCUT2D eigenvalue weighted by atomic mass is 10.0. The van der Waals surface area contributed by atoms with E-state index >= 15 is 0 Å². The number of nitrogens with zero attached hydrogens (tertiary/aromatic N) is 2. The second kappa shape index (κ2) is 10.8. The maximum Gasteiger partial charge on any atom is 0.227 e. The van der Waals surface area contributed by atoms with Gasteiger partial charge in [-0.1, -0.05) is 31.2 Å². The van der Waals surface area contributed by atoms with Crippen LogP contribution in [0.5, 0.6) is 5.75 Å². The fourth-order valence-corrected chi connectivity index (χ4v) is 4.56. The molecule has 2 aromatic carbocycles. The number of carbonyl (C=O) groups is 2. The Labute approximate surface area is 195 Å². The number of rotatable bonds is 8. The Hall–Kier alpha value is -2.90. The highest BCUT2D eigenvalue weighted by atomic mass is 16.5. The quantitative estimate of drug-likeness (QED) is 0.668. The van der Waals surface area contributed by atoms with Crippen LogP contribution < -0.4 is 15.0 Å². The van der Waals surface area contributed by atoms with Crippen LogP contribution in [0.3, 0.4) is 0 Å². The number of amides is 2. The fourth-order valence-electron chi connectivity index (χ4n) is 4.56. The van der Waals surface area contributed by atoms with Gasteiger partial charge < -0.3 is 19.7 Å².